The summed E-state index contributed by atoms with van der Waals surface area (Å²) in [7, 11) is 4.56. The Bertz CT molecular complexity index is 1100. The number of hydrogen-bond donors (Lipinski definition) is 2. The fourth-order valence-corrected chi connectivity index (χ4v) is 3.99. The van der Waals surface area contributed by atoms with Gasteiger partial charge in [0, 0.05) is 11.3 Å². The first kappa shape index (κ1) is 23.1. The fraction of sp³-hybridized carbons (Fsp3) is 0.217. The smallest absolute Gasteiger partial charge is 0.279 e. The van der Waals surface area contributed by atoms with E-state index < -0.39 is 5.91 Å². The molecular weight excluding hydrogens is 435 g/mol. The summed E-state index contributed by atoms with van der Waals surface area (Å²) in [5.41, 5.74) is 6.41. The van der Waals surface area contributed by atoms with Crippen LogP contribution in [-0.4, -0.2) is 33.1 Å². The van der Waals surface area contributed by atoms with Crippen molar-refractivity contribution in [1.29, 1.82) is 0 Å². The maximum Gasteiger partial charge on any atom is 0.279 e. The SMILES string of the molecule is COc1ccc(CCC(=O)NNC(=O)c2ccc(-c3ccc(F)cc3)s2)c(OC)c1OC. The molecule has 1 aromatic heterocycles. The van der Waals surface area contributed by atoms with Gasteiger partial charge >= 0.3 is 0 Å². The lowest BCUT2D eigenvalue weighted by atomic mass is 10.1. The molecule has 0 aliphatic rings. The second-order valence-electron chi connectivity index (χ2n) is 6.67. The molecule has 3 aromatic rings. The summed E-state index contributed by atoms with van der Waals surface area (Å²) in [5, 5.41) is 0. The summed E-state index contributed by atoms with van der Waals surface area (Å²) in [4.78, 5) is 25.8. The zero-order valence-electron chi connectivity index (χ0n) is 17.9. The Hall–Kier alpha value is -3.59. The molecule has 0 spiro atoms. The van der Waals surface area contributed by atoms with Gasteiger partial charge < -0.3 is 14.2 Å². The summed E-state index contributed by atoms with van der Waals surface area (Å²) in [6, 6.07) is 13.0. The third kappa shape index (κ3) is 5.36. The van der Waals surface area contributed by atoms with Gasteiger partial charge in [0.1, 0.15) is 5.82 Å². The van der Waals surface area contributed by atoms with Gasteiger partial charge in [0.2, 0.25) is 11.7 Å². The lowest BCUT2D eigenvalue weighted by Crippen LogP contribution is -2.41. The molecule has 0 radical (unpaired) electrons. The first-order valence-corrected chi connectivity index (χ1v) is 10.5. The van der Waals surface area contributed by atoms with Crippen LogP contribution in [0.15, 0.2) is 48.5 Å². The van der Waals surface area contributed by atoms with Crippen molar-refractivity contribution in [2.45, 2.75) is 12.8 Å². The fourth-order valence-electron chi connectivity index (χ4n) is 3.09. The Labute approximate surface area is 189 Å². The molecule has 0 saturated heterocycles. The number of carbonyl (C=O) groups is 2. The predicted molar refractivity (Wildman–Crippen MR) is 120 cm³/mol. The van der Waals surface area contributed by atoms with Gasteiger partial charge in [-0.3, -0.25) is 20.4 Å². The molecule has 0 bridgehead atoms. The minimum Gasteiger partial charge on any atom is -0.493 e. The molecule has 2 N–H and O–H groups in total. The number of nitrogens with one attached hydrogen (secondary N) is 2. The predicted octanol–water partition coefficient (Wildman–Crippen LogP) is 3.97. The van der Waals surface area contributed by atoms with Gasteiger partial charge in [-0.2, -0.15) is 0 Å². The number of hydrogen-bond acceptors (Lipinski definition) is 6. The number of aryl methyl sites for hydroxylation is 1. The van der Waals surface area contributed by atoms with Crippen molar-refractivity contribution in [2.75, 3.05) is 21.3 Å². The molecule has 0 aliphatic carbocycles. The van der Waals surface area contributed by atoms with E-state index in [-0.39, 0.29) is 18.1 Å². The molecule has 9 heteroatoms. The first-order valence-electron chi connectivity index (χ1n) is 9.69. The van der Waals surface area contributed by atoms with E-state index in [0.717, 1.165) is 16.0 Å². The van der Waals surface area contributed by atoms with Crippen LogP contribution in [0.4, 0.5) is 4.39 Å². The summed E-state index contributed by atoms with van der Waals surface area (Å²) in [5.74, 6) is 0.370. The summed E-state index contributed by atoms with van der Waals surface area (Å²) >= 11 is 1.25. The van der Waals surface area contributed by atoms with E-state index in [9.17, 15) is 14.0 Å². The monoisotopic (exact) mass is 458 g/mol. The van der Waals surface area contributed by atoms with Gasteiger partial charge in [-0.05, 0) is 47.9 Å². The second kappa shape index (κ2) is 10.6. The van der Waals surface area contributed by atoms with Crippen LogP contribution < -0.4 is 25.1 Å². The maximum absolute atomic E-state index is 13.1. The summed E-state index contributed by atoms with van der Waals surface area (Å²) in [6.07, 6.45) is 0.496. The topological polar surface area (TPSA) is 85.9 Å². The van der Waals surface area contributed by atoms with Crippen LogP contribution in [0.2, 0.25) is 0 Å². The Balaban J connectivity index is 1.55. The van der Waals surface area contributed by atoms with E-state index in [1.807, 2.05) is 0 Å². The van der Waals surface area contributed by atoms with Crippen LogP contribution in [-0.2, 0) is 11.2 Å². The number of carbonyl (C=O) groups excluding carboxylic acids is 2. The Kier molecular flexibility index (Phi) is 7.67. The normalized spacial score (nSPS) is 10.4. The van der Waals surface area contributed by atoms with Crippen molar-refractivity contribution < 1.29 is 28.2 Å². The largest absolute Gasteiger partial charge is 0.493 e. The van der Waals surface area contributed by atoms with Gasteiger partial charge in [-0.25, -0.2) is 4.39 Å². The molecule has 168 valence electrons. The van der Waals surface area contributed by atoms with Crippen LogP contribution in [0.5, 0.6) is 17.2 Å². The van der Waals surface area contributed by atoms with Crippen molar-refractivity contribution in [3.63, 3.8) is 0 Å². The van der Waals surface area contributed by atoms with Gasteiger partial charge in [-0.1, -0.05) is 18.2 Å². The number of thiophene rings is 1. The van der Waals surface area contributed by atoms with Crippen molar-refractivity contribution in [1.82, 2.24) is 10.9 Å². The summed E-state index contributed by atoms with van der Waals surface area (Å²) in [6.45, 7) is 0. The van der Waals surface area contributed by atoms with Crippen molar-refractivity contribution >= 4 is 23.2 Å². The third-order valence-electron chi connectivity index (χ3n) is 4.68. The third-order valence-corrected chi connectivity index (χ3v) is 5.81. The van der Waals surface area contributed by atoms with E-state index in [0.29, 0.717) is 28.5 Å². The molecule has 0 saturated carbocycles. The molecule has 0 aliphatic heterocycles. The van der Waals surface area contributed by atoms with Gasteiger partial charge in [0.05, 0.1) is 26.2 Å². The quantitative estimate of drug-likeness (QED) is 0.499. The lowest BCUT2D eigenvalue weighted by molar-refractivity contribution is -0.121. The minimum atomic E-state index is -0.430. The Morgan fingerprint density at radius 3 is 2.25 bits per heavy atom. The van der Waals surface area contributed by atoms with Crippen molar-refractivity contribution in [2.24, 2.45) is 0 Å². The van der Waals surface area contributed by atoms with Crippen molar-refractivity contribution in [3.05, 3.63) is 64.8 Å². The average molecular weight is 459 g/mol. The molecule has 0 fully saturated rings. The zero-order chi connectivity index (χ0) is 23.1. The minimum absolute atomic E-state index is 0.122. The first-order chi connectivity index (χ1) is 15.5. The number of methoxy groups -OCH3 is 3. The number of halogens is 1. The number of amides is 2. The molecule has 1 heterocycles. The van der Waals surface area contributed by atoms with E-state index in [1.165, 1.54) is 44.8 Å². The molecule has 32 heavy (non-hydrogen) atoms. The van der Waals surface area contributed by atoms with Gasteiger partial charge in [0.15, 0.2) is 11.5 Å². The van der Waals surface area contributed by atoms with Crippen LogP contribution in [0.3, 0.4) is 0 Å². The standard InChI is InChI=1S/C23H23FN2O5S/c1-29-17-10-6-15(21(30-2)22(17)31-3)7-13-20(27)25-26-23(28)19-12-11-18(32-19)14-4-8-16(24)9-5-14/h4-6,8-12H,7,13H2,1-3H3,(H,25,27)(H,26,28). The highest BCUT2D eigenvalue weighted by Crippen LogP contribution is 2.40. The number of hydrazine groups is 1. The maximum atomic E-state index is 13.1. The molecule has 0 unspecified atom stereocenters. The van der Waals surface area contributed by atoms with Gasteiger partial charge in [-0.15, -0.1) is 11.3 Å². The van der Waals surface area contributed by atoms with E-state index in [4.69, 9.17) is 14.2 Å². The van der Waals surface area contributed by atoms with E-state index >= 15 is 0 Å². The molecule has 2 aromatic carbocycles. The molecular formula is C23H23FN2O5S. The van der Waals surface area contributed by atoms with E-state index in [1.54, 1.807) is 36.4 Å². The molecule has 7 nitrogen and oxygen atoms in total. The van der Waals surface area contributed by atoms with Crippen LogP contribution in [0, 0.1) is 5.82 Å². The van der Waals surface area contributed by atoms with Crippen LogP contribution in [0.25, 0.3) is 10.4 Å². The summed E-state index contributed by atoms with van der Waals surface area (Å²) < 4.78 is 29.1. The Morgan fingerprint density at radius 2 is 1.59 bits per heavy atom. The lowest BCUT2D eigenvalue weighted by Gasteiger charge is -2.15. The number of ether oxygens (including phenoxy) is 3. The Morgan fingerprint density at radius 1 is 0.875 bits per heavy atom. The highest BCUT2D eigenvalue weighted by Gasteiger charge is 2.17. The molecule has 2 amide bonds. The number of rotatable bonds is 8. The highest BCUT2D eigenvalue weighted by atomic mass is 32.1. The van der Waals surface area contributed by atoms with E-state index in [2.05, 4.69) is 10.9 Å². The highest BCUT2D eigenvalue weighted by molar-refractivity contribution is 7.17. The average Bonchev–Trinajstić information content (AvgIpc) is 3.31. The van der Waals surface area contributed by atoms with Crippen LogP contribution in [0.1, 0.15) is 21.7 Å². The number of benzene rings is 2. The zero-order valence-corrected chi connectivity index (χ0v) is 18.7. The molecule has 3 rings (SSSR count). The van der Waals surface area contributed by atoms with Crippen LogP contribution >= 0.6 is 11.3 Å². The second-order valence-corrected chi connectivity index (χ2v) is 7.75. The van der Waals surface area contributed by atoms with Crippen molar-refractivity contribution in [3.8, 4) is 27.7 Å². The van der Waals surface area contributed by atoms with Gasteiger partial charge in [0.25, 0.3) is 5.91 Å². The molecule has 0 atom stereocenters.